The lowest BCUT2D eigenvalue weighted by molar-refractivity contribution is 0.0811. The Kier molecular flexibility index (Phi) is 5.68. The summed E-state index contributed by atoms with van der Waals surface area (Å²) >= 11 is 0. The second-order valence-corrected chi connectivity index (χ2v) is 5.51. The maximum atomic E-state index is 12.4. The minimum absolute atomic E-state index is 0.0140. The molecule has 2 N–H and O–H groups in total. The molecule has 2 rings (SSSR count). The summed E-state index contributed by atoms with van der Waals surface area (Å²) in [6.07, 6.45) is 7.15. The van der Waals surface area contributed by atoms with Crippen LogP contribution in [0, 0.1) is 18.3 Å². The number of terminal acetylenes is 1. The minimum atomic E-state index is -0.195. The van der Waals surface area contributed by atoms with Crippen LogP contribution in [0.25, 0.3) is 0 Å². The van der Waals surface area contributed by atoms with Crippen LogP contribution in [0.15, 0.2) is 24.3 Å². The van der Waals surface area contributed by atoms with Crippen molar-refractivity contribution in [3.63, 3.8) is 0 Å². The molecule has 118 valence electrons. The molecule has 1 saturated heterocycles. The number of nitrogens with one attached hydrogen (secondary N) is 1. The highest BCUT2D eigenvalue weighted by Gasteiger charge is 2.31. The Morgan fingerprint density at radius 2 is 2.41 bits per heavy atom. The fourth-order valence-electron chi connectivity index (χ4n) is 2.76. The quantitative estimate of drug-likeness (QED) is 0.839. The molecule has 0 radical (unpaired) electrons. The third-order valence-electron chi connectivity index (χ3n) is 3.97. The summed E-state index contributed by atoms with van der Waals surface area (Å²) in [5.74, 6) is 3.31. The van der Waals surface area contributed by atoms with E-state index in [-0.39, 0.29) is 25.3 Å². The number of piperidine rings is 1. The summed E-state index contributed by atoms with van der Waals surface area (Å²) < 4.78 is 5.34. The molecule has 1 aromatic rings. The molecular formula is C17H22N2O3. The van der Waals surface area contributed by atoms with Gasteiger partial charge in [-0.05, 0) is 30.9 Å². The number of rotatable bonds is 4. The molecule has 0 bridgehead atoms. The topological polar surface area (TPSA) is 61.8 Å². The van der Waals surface area contributed by atoms with Crippen molar-refractivity contribution in [2.75, 3.05) is 25.1 Å². The summed E-state index contributed by atoms with van der Waals surface area (Å²) in [6.45, 7) is 2.90. The largest absolute Gasteiger partial charge is 0.481 e. The number of aliphatic hydroxyl groups excluding tert-OH is 1. The van der Waals surface area contributed by atoms with E-state index in [0.29, 0.717) is 23.9 Å². The molecule has 0 aromatic heterocycles. The van der Waals surface area contributed by atoms with E-state index < -0.39 is 0 Å². The highest BCUT2D eigenvalue weighted by molar-refractivity contribution is 5.89. The molecule has 2 amide bonds. The first-order valence-electron chi connectivity index (χ1n) is 7.50. The Balaban J connectivity index is 2.03. The van der Waals surface area contributed by atoms with E-state index in [1.165, 1.54) is 0 Å². The molecule has 5 heteroatoms. The van der Waals surface area contributed by atoms with E-state index >= 15 is 0 Å². The SMILES string of the molecule is C#CCOc1cccc(NC(=O)N2CCCC(C)C2CO)c1. The van der Waals surface area contributed by atoms with Crippen molar-refractivity contribution in [1.82, 2.24) is 4.90 Å². The zero-order valence-corrected chi connectivity index (χ0v) is 12.8. The van der Waals surface area contributed by atoms with Gasteiger partial charge < -0.3 is 20.1 Å². The zero-order valence-electron chi connectivity index (χ0n) is 12.8. The second kappa shape index (κ2) is 7.71. The van der Waals surface area contributed by atoms with Crippen molar-refractivity contribution in [2.45, 2.75) is 25.8 Å². The average Bonchev–Trinajstić information content (AvgIpc) is 2.53. The van der Waals surface area contributed by atoms with Gasteiger partial charge in [-0.15, -0.1) is 6.42 Å². The van der Waals surface area contributed by atoms with E-state index in [4.69, 9.17) is 11.2 Å². The van der Waals surface area contributed by atoms with Crippen molar-refractivity contribution in [3.05, 3.63) is 24.3 Å². The van der Waals surface area contributed by atoms with Crippen LogP contribution in [-0.2, 0) is 0 Å². The number of anilines is 1. The first-order valence-corrected chi connectivity index (χ1v) is 7.50. The summed E-state index contributed by atoms with van der Waals surface area (Å²) in [7, 11) is 0. The molecule has 1 fully saturated rings. The van der Waals surface area contributed by atoms with Gasteiger partial charge in [0.1, 0.15) is 12.4 Å². The average molecular weight is 302 g/mol. The standard InChI is InChI=1S/C17H22N2O3/c1-3-10-22-15-8-4-7-14(11-15)18-17(21)19-9-5-6-13(2)16(19)12-20/h1,4,7-8,11,13,16,20H,5-6,9-10,12H2,2H3,(H,18,21). The molecule has 0 aliphatic carbocycles. The lowest BCUT2D eigenvalue weighted by atomic mass is 9.91. The Labute approximate surface area is 131 Å². The summed E-state index contributed by atoms with van der Waals surface area (Å²) in [6, 6.07) is 6.78. The molecular weight excluding hydrogens is 280 g/mol. The Morgan fingerprint density at radius 3 is 3.14 bits per heavy atom. The number of carbonyl (C=O) groups excluding carboxylic acids is 1. The normalized spacial score (nSPS) is 21.0. The van der Waals surface area contributed by atoms with Gasteiger partial charge >= 0.3 is 6.03 Å². The highest BCUT2D eigenvalue weighted by Crippen LogP contribution is 2.24. The van der Waals surface area contributed by atoms with Crippen LogP contribution in [0.3, 0.4) is 0 Å². The van der Waals surface area contributed by atoms with Gasteiger partial charge in [-0.25, -0.2) is 4.79 Å². The molecule has 1 aromatic carbocycles. The van der Waals surface area contributed by atoms with E-state index in [1.54, 1.807) is 29.2 Å². The van der Waals surface area contributed by atoms with E-state index in [0.717, 1.165) is 12.8 Å². The van der Waals surface area contributed by atoms with Crippen molar-refractivity contribution in [2.24, 2.45) is 5.92 Å². The summed E-state index contributed by atoms with van der Waals surface area (Å²) in [5, 5.41) is 12.4. The number of nitrogens with zero attached hydrogens (tertiary/aromatic N) is 1. The van der Waals surface area contributed by atoms with Crippen LogP contribution in [0.2, 0.25) is 0 Å². The number of benzene rings is 1. The highest BCUT2D eigenvalue weighted by atomic mass is 16.5. The molecule has 1 heterocycles. The van der Waals surface area contributed by atoms with Gasteiger partial charge in [0, 0.05) is 18.3 Å². The number of carbonyl (C=O) groups is 1. The molecule has 0 spiro atoms. The van der Waals surface area contributed by atoms with Crippen LogP contribution in [0.1, 0.15) is 19.8 Å². The predicted octanol–water partition coefficient (Wildman–Crippen LogP) is 2.32. The zero-order chi connectivity index (χ0) is 15.9. The fourth-order valence-corrected chi connectivity index (χ4v) is 2.76. The van der Waals surface area contributed by atoms with Gasteiger partial charge in [-0.3, -0.25) is 0 Å². The van der Waals surface area contributed by atoms with Gasteiger partial charge in [0.05, 0.1) is 12.6 Å². The number of urea groups is 1. The van der Waals surface area contributed by atoms with E-state index in [9.17, 15) is 9.90 Å². The van der Waals surface area contributed by atoms with Crippen LogP contribution in [0.4, 0.5) is 10.5 Å². The number of hydrogen-bond donors (Lipinski definition) is 2. The van der Waals surface area contributed by atoms with Gasteiger partial charge in [0.25, 0.3) is 0 Å². The third-order valence-corrected chi connectivity index (χ3v) is 3.97. The molecule has 1 aliphatic rings. The van der Waals surface area contributed by atoms with Gasteiger partial charge in [-0.1, -0.05) is 18.9 Å². The van der Waals surface area contributed by atoms with Crippen LogP contribution < -0.4 is 10.1 Å². The molecule has 22 heavy (non-hydrogen) atoms. The van der Waals surface area contributed by atoms with Crippen molar-refractivity contribution < 1.29 is 14.6 Å². The van der Waals surface area contributed by atoms with E-state index in [2.05, 4.69) is 18.2 Å². The lowest BCUT2D eigenvalue weighted by Crippen LogP contribution is -2.51. The first kappa shape index (κ1) is 16.2. The Hall–Kier alpha value is -2.19. The minimum Gasteiger partial charge on any atom is -0.481 e. The third kappa shape index (κ3) is 3.92. The van der Waals surface area contributed by atoms with Gasteiger partial charge in [-0.2, -0.15) is 0 Å². The van der Waals surface area contributed by atoms with Crippen LogP contribution in [0.5, 0.6) is 5.75 Å². The molecule has 0 saturated carbocycles. The Morgan fingerprint density at radius 1 is 1.59 bits per heavy atom. The molecule has 2 unspecified atom stereocenters. The number of likely N-dealkylation sites (tertiary alicyclic amines) is 1. The van der Waals surface area contributed by atoms with Crippen LogP contribution >= 0.6 is 0 Å². The molecule has 5 nitrogen and oxygen atoms in total. The monoisotopic (exact) mass is 302 g/mol. The van der Waals surface area contributed by atoms with Crippen molar-refractivity contribution >= 4 is 11.7 Å². The number of aliphatic hydroxyl groups is 1. The smallest absolute Gasteiger partial charge is 0.322 e. The maximum absolute atomic E-state index is 12.4. The predicted molar refractivity (Wildman–Crippen MR) is 85.8 cm³/mol. The number of ether oxygens (including phenoxy) is 1. The second-order valence-electron chi connectivity index (χ2n) is 5.51. The molecule has 1 aliphatic heterocycles. The summed E-state index contributed by atoms with van der Waals surface area (Å²) in [4.78, 5) is 14.1. The van der Waals surface area contributed by atoms with Gasteiger partial charge in [0.15, 0.2) is 0 Å². The summed E-state index contributed by atoms with van der Waals surface area (Å²) in [5.41, 5.74) is 0.648. The lowest BCUT2D eigenvalue weighted by Gasteiger charge is -2.38. The Bertz CT molecular complexity index is 553. The van der Waals surface area contributed by atoms with E-state index in [1.807, 2.05) is 0 Å². The maximum Gasteiger partial charge on any atom is 0.322 e. The first-order chi connectivity index (χ1) is 10.7. The fraction of sp³-hybridized carbons (Fsp3) is 0.471. The van der Waals surface area contributed by atoms with Crippen molar-refractivity contribution in [3.8, 4) is 18.1 Å². The molecule has 2 atom stereocenters. The number of amides is 2. The van der Waals surface area contributed by atoms with Crippen LogP contribution in [-0.4, -0.2) is 41.8 Å². The van der Waals surface area contributed by atoms with Crippen molar-refractivity contribution in [1.29, 1.82) is 0 Å². The van der Waals surface area contributed by atoms with Gasteiger partial charge in [0.2, 0.25) is 0 Å². The number of hydrogen-bond acceptors (Lipinski definition) is 3.